The molecule has 3 N–H and O–H groups in total. The summed E-state index contributed by atoms with van der Waals surface area (Å²) in [5, 5.41) is 26.9. The van der Waals surface area contributed by atoms with Gasteiger partial charge >= 0.3 is 0 Å². The fraction of sp³-hybridized carbons (Fsp3) is 0.455. The summed E-state index contributed by atoms with van der Waals surface area (Å²) < 4.78 is 5.27. The SMILES string of the molecule is OC[C@H](OCc1ccccc1)[C@@H](O)CO. The molecule has 0 saturated carbocycles. The van der Waals surface area contributed by atoms with Crippen molar-refractivity contribution < 1.29 is 20.1 Å². The van der Waals surface area contributed by atoms with Crippen molar-refractivity contribution in [3.8, 4) is 0 Å². The fourth-order valence-electron chi connectivity index (χ4n) is 1.18. The molecule has 0 bridgehead atoms. The molecule has 0 spiro atoms. The molecule has 4 heteroatoms. The molecule has 0 unspecified atom stereocenters. The predicted octanol–water partition coefficient (Wildman–Crippen LogP) is -0.0827. The second kappa shape index (κ2) is 6.53. The summed E-state index contributed by atoms with van der Waals surface area (Å²) in [6, 6.07) is 9.44. The van der Waals surface area contributed by atoms with E-state index in [0.717, 1.165) is 5.56 Å². The van der Waals surface area contributed by atoms with E-state index >= 15 is 0 Å². The van der Waals surface area contributed by atoms with Crippen molar-refractivity contribution in [1.29, 1.82) is 0 Å². The quantitative estimate of drug-likeness (QED) is 0.616. The predicted molar refractivity (Wildman–Crippen MR) is 55.2 cm³/mol. The van der Waals surface area contributed by atoms with Crippen LogP contribution in [0, 0.1) is 0 Å². The fourth-order valence-corrected chi connectivity index (χ4v) is 1.18. The van der Waals surface area contributed by atoms with Gasteiger partial charge in [0.25, 0.3) is 0 Å². The normalized spacial score (nSPS) is 14.9. The highest BCUT2D eigenvalue weighted by Gasteiger charge is 2.17. The molecule has 0 aliphatic rings. The van der Waals surface area contributed by atoms with Gasteiger partial charge in [-0.3, -0.25) is 0 Å². The highest BCUT2D eigenvalue weighted by Crippen LogP contribution is 2.05. The first-order valence-corrected chi connectivity index (χ1v) is 4.83. The van der Waals surface area contributed by atoms with Crippen LogP contribution in [0.5, 0.6) is 0 Å². The van der Waals surface area contributed by atoms with Crippen molar-refractivity contribution in [2.75, 3.05) is 13.2 Å². The molecule has 0 radical (unpaired) electrons. The average molecular weight is 212 g/mol. The Hall–Kier alpha value is -0.940. The van der Waals surface area contributed by atoms with Gasteiger partial charge in [0.1, 0.15) is 12.2 Å². The van der Waals surface area contributed by atoms with Crippen molar-refractivity contribution >= 4 is 0 Å². The van der Waals surface area contributed by atoms with Crippen LogP contribution in [0.25, 0.3) is 0 Å². The molecule has 4 nitrogen and oxygen atoms in total. The van der Waals surface area contributed by atoms with E-state index in [4.69, 9.17) is 14.9 Å². The first kappa shape index (κ1) is 12.1. The van der Waals surface area contributed by atoms with E-state index in [2.05, 4.69) is 0 Å². The minimum Gasteiger partial charge on any atom is -0.394 e. The van der Waals surface area contributed by atoms with Crippen LogP contribution < -0.4 is 0 Å². The van der Waals surface area contributed by atoms with E-state index in [-0.39, 0.29) is 6.61 Å². The molecule has 0 saturated heterocycles. The van der Waals surface area contributed by atoms with Gasteiger partial charge in [-0.15, -0.1) is 0 Å². The van der Waals surface area contributed by atoms with Crippen LogP contribution in [0.1, 0.15) is 5.56 Å². The Labute approximate surface area is 88.8 Å². The molecule has 1 aromatic carbocycles. The van der Waals surface area contributed by atoms with Gasteiger partial charge in [-0.05, 0) is 5.56 Å². The lowest BCUT2D eigenvalue weighted by molar-refractivity contribution is -0.0860. The topological polar surface area (TPSA) is 69.9 Å². The number of ether oxygens (including phenoxy) is 1. The minimum atomic E-state index is -1.04. The van der Waals surface area contributed by atoms with Crippen LogP contribution in [0.3, 0.4) is 0 Å². The summed E-state index contributed by atoms with van der Waals surface area (Å²) in [6.07, 6.45) is -1.78. The van der Waals surface area contributed by atoms with Crippen LogP contribution in [0.4, 0.5) is 0 Å². The lowest BCUT2D eigenvalue weighted by Crippen LogP contribution is -2.34. The Kier molecular flexibility index (Phi) is 5.28. The largest absolute Gasteiger partial charge is 0.394 e. The zero-order valence-corrected chi connectivity index (χ0v) is 8.41. The van der Waals surface area contributed by atoms with Gasteiger partial charge in [-0.2, -0.15) is 0 Å². The Morgan fingerprint density at radius 2 is 1.73 bits per heavy atom. The molecule has 1 aromatic rings. The average Bonchev–Trinajstić information content (AvgIpc) is 2.31. The third kappa shape index (κ3) is 3.97. The Balaban J connectivity index is 2.41. The molecule has 0 fully saturated rings. The number of hydrogen-bond acceptors (Lipinski definition) is 4. The summed E-state index contributed by atoms with van der Waals surface area (Å²) in [5.41, 5.74) is 0.959. The van der Waals surface area contributed by atoms with E-state index < -0.39 is 18.8 Å². The van der Waals surface area contributed by atoms with Crippen molar-refractivity contribution in [2.45, 2.75) is 18.8 Å². The van der Waals surface area contributed by atoms with Crippen molar-refractivity contribution in [3.63, 3.8) is 0 Å². The number of benzene rings is 1. The molecule has 0 heterocycles. The molecule has 1 rings (SSSR count). The number of rotatable bonds is 6. The zero-order chi connectivity index (χ0) is 11.1. The Morgan fingerprint density at radius 1 is 1.07 bits per heavy atom. The van der Waals surface area contributed by atoms with Gasteiger partial charge < -0.3 is 20.1 Å². The van der Waals surface area contributed by atoms with Crippen LogP contribution in [-0.2, 0) is 11.3 Å². The van der Waals surface area contributed by atoms with Gasteiger partial charge in [0.15, 0.2) is 0 Å². The third-order valence-electron chi connectivity index (χ3n) is 2.10. The standard InChI is InChI=1S/C11H16O4/c12-6-10(14)11(7-13)15-8-9-4-2-1-3-5-9/h1-5,10-14H,6-8H2/t10-,11-/m0/s1. The van der Waals surface area contributed by atoms with E-state index in [1.165, 1.54) is 0 Å². The van der Waals surface area contributed by atoms with Gasteiger partial charge in [-0.25, -0.2) is 0 Å². The Morgan fingerprint density at radius 3 is 2.27 bits per heavy atom. The maximum absolute atomic E-state index is 9.26. The monoisotopic (exact) mass is 212 g/mol. The smallest absolute Gasteiger partial charge is 0.109 e. The van der Waals surface area contributed by atoms with Gasteiger partial charge in [0.2, 0.25) is 0 Å². The van der Waals surface area contributed by atoms with Gasteiger partial charge in [0.05, 0.1) is 19.8 Å². The number of hydrogen-bond donors (Lipinski definition) is 3. The summed E-state index contributed by atoms with van der Waals surface area (Å²) in [7, 11) is 0. The highest BCUT2D eigenvalue weighted by molar-refractivity contribution is 5.13. The maximum atomic E-state index is 9.26. The van der Waals surface area contributed by atoms with Crippen molar-refractivity contribution in [2.24, 2.45) is 0 Å². The van der Waals surface area contributed by atoms with E-state index in [1.54, 1.807) is 0 Å². The minimum absolute atomic E-state index is 0.309. The highest BCUT2D eigenvalue weighted by atomic mass is 16.5. The first-order chi connectivity index (χ1) is 7.27. The number of aliphatic hydroxyl groups is 3. The molecule has 0 amide bonds. The lowest BCUT2D eigenvalue weighted by Gasteiger charge is -2.19. The summed E-state index contributed by atoms with van der Waals surface area (Å²) in [5.74, 6) is 0. The van der Waals surface area contributed by atoms with E-state index in [0.29, 0.717) is 6.61 Å². The van der Waals surface area contributed by atoms with E-state index in [9.17, 15) is 5.11 Å². The zero-order valence-electron chi connectivity index (χ0n) is 8.41. The van der Waals surface area contributed by atoms with Crippen LogP contribution in [-0.4, -0.2) is 40.7 Å². The maximum Gasteiger partial charge on any atom is 0.109 e. The molecular weight excluding hydrogens is 196 g/mol. The molecule has 0 aromatic heterocycles. The lowest BCUT2D eigenvalue weighted by atomic mass is 10.2. The second-order valence-electron chi connectivity index (χ2n) is 3.27. The van der Waals surface area contributed by atoms with Crippen LogP contribution >= 0.6 is 0 Å². The van der Waals surface area contributed by atoms with E-state index in [1.807, 2.05) is 30.3 Å². The van der Waals surface area contributed by atoms with Gasteiger partial charge in [-0.1, -0.05) is 30.3 Å². The molecule has 15 heavy (non-hydrogen) atoms. The summed E-state index contributed by atoms with van der Waals surface area (Å²) in [6.45, 7) is -0.419. The van der Waals surface area contributed by atoms with Crippen LogP contribution in [0.15, 0.2) is 30.3 Å². The molecular formula is C11H16O4. The molecule has 0 aliphatic heterocycles. The third-order valence-corrected chi connectivity index (χ3v) is 2.10. The van der Waals surface area contributed by atoms with Crippen molar-refractivity contribution in [3.05, 3.63) is 35.9 Å². The molecule has 2 atom stereocenters. The number of aliphatic hydroxyl groups excluding tert-OH is 3. The molecule has 0 aliphatic carbocycles. The summed E-state index contributed by atoms with van der Waals surface area (Å²) >= 11 is 0. The van der Waals surface area contributed by atoms with Gasteiger partial charge in [0, 0.05) is 0 Å². The summed E-state index contributed by atoms with van der Waals surface area (Å²) in [4.78, 5) is 0. The van der Waals surface area contributed by atoms with Crippen LogP contribution in [0.2, 0.25) is 0 Å². The Bertz CT molecular complexity index is 263. The first-order valence-electron chi connectivity index (χ1n) is 4.83. The molecule has 84 valence electrons. The van der Waals surface area contributed by atoms with Crippen molar-refractivity contribution in [1.82, 2.24) is 0 Å². The second-order valence-corrected chi connectivity index (χ2v) is 3.27.